The Bertz CT molecular complexity index is 232. The minimum absolute atomic E-state index is 0.377. The highest BCUT2D eigenvalue weighted by Gasteiger charge is 2.07. The summed E-state index contributed by atoms with van der Waals surface area (Å²) in [6, 6.07) is 0. The van der Waals surface area contributed by atoms with Crippen molar-refractivity contribution in [1.82, 2.24) is 4.98 Å². The molecule has 1 aromatic rings. The minimum Gasteiger partial charge on any atom is -0.376 e. The van der Waals surface area contributed by atoms with Crippen LogP contribution in [0.5, 0.6) is 0 Å². The van der Waals surface area contributed by atoms with Crippen LogP contribution in [0.4, 0.5) is 5.13 Å². The molecule has 0 aliphatic heterocycles. The standard InChI is InChI=1S/C6H9N3S2/c1-2-9(5(7)10)6-8-3-4-11-6/h3-4H,2H2,1H3,(H2,7,10). The van der Waals surface area contributed by atoms with Gasteiger partial charge in [0.1, 0.15) is 0 Å². The molecule has 60 valence electrons. The molecule has 0 spiro atoms. The van der Waals surface area contributed by atoms with Gasteiger partial charge < -0.3 is 5.73 Å². The van der Waals surface area contributed by atoms with Crippen LogP contribution in [0.15, 0.2) is 11.6 Å². The first-order valence-corrected chi connectivity index (χ1v) is 4.51. The van der Waals surface area contributed by atoms with Gasteiger partial charge in [-0.05, 0) is 19.1 Å². The SMILES string of the molecule is CCN(C(N)=S)c1nccs1. The third kappa shape index (κ3) is 1.87. The number of rotatable bonds is 2. The molecular weight excluding hydrogens is 178 g/mol. The van der Waals surface area contributed by atoms with Crippen molar-refractivity contribution in [3.63, 3.8) is 0 Å². The van der Waals surface area contributed by atoms with Crippen LogP contribution in [0.25, 0.3) is 0 Å². The van der Waals surface area contributed by atoms with Crippen molar-refractivity contribution in [3.05, 3.63) is 11.6 Å². The van der Waals surface area contributed by atoms with Crippen LogP contribution in [-0.4, -0.2) is 16.6 Å². The molecular formula is C6H9N3S2. The van der Waals surface area contributed by atoms with E-state index >= 15 is 0 Å². The molecule has 0 aliphatic rings. The number of hydrogen-bond acceptors (Lipinski definition) is 3. The zero-order valence-electron chi connectivity index (χ0n) is 6.15. The van der Waals surface area contributed by atoms with Gasteiger partial charge in [-0.2, -0.15) is 0 Å². The average Bonchev–Trinajstić information content (AvgIpc) is 2.40. The summed E-state index contributed by atoms with van der Waals surface area (Å²) in [6.07, 6.45) is 1.74. The predicted octanol–water partition coefficient (Wildman–Crippen LogP) is 1.21. The molecule has 1 rings (SSSR count). The van der Waals surface area contributed by atoms with Gasteiger partial charge in [0.15, 0.2) is 10.2 Å². The first-order chi connectivity index (χ1) is 5.25. The minimum atomic E-state index is 0.377. The highest BCUT2D eigenvalue weighted by atomic mass is 32.1. The van der Waals surface area contributed by atoms with Crippen LogP contribution >= 0.6 is 23.6 Å². The molecule has 1 heterocycles. The fourth-order valence-corrected chi connectivity index (χ4v) is 1.73. The predicted molar refractivity (Wildman–Crippen MR) is 51.9 cm³/mol. The van der Waals surface area contributed by atoms with Gasteiger partial charge in [-0.25, -0.2) is 4.98 Å². The Hall–Kier alpha value is -0.680. The molecule has 0 unspecified atom stereocenters. The lowest BCUT2D eigenvalue weighted by molar-refractivity contribution is 1.05. The molecule has 11 heavy (non-hydrogen) atoms. The maximum atomic E-state index is 5.46. The summed E-state index contributed by atoms with van der Waals surface area (Å²) in [4.78, 5) is 5.88. The van der Waals surface area contributed by atoms with Gasteiger partial charge in [-0.3, -0.25) is 4.90 Å². The normalized spacial score (nSPS) is 9.55. The Morgan fingerprint density at radius 2 is 2.64 bits per heavy atom. The van der Waals surface area contributed by atoms with E-state index in [2.05, 4.69) is 4.98 Å². The van der Waals surface area contributed by atoms with Gasteiger partial charge in [0.2, 0.25) is 0 Å². The zero-order valence-corrected chi connectivity index (χ0v) is 7.78. The van der Waals surface area contributed by atoms with Crippen LogP contribution in [0.1, 0.15) is 6.92 Å². The summed E-state index contributed by atoms with van der Waals surface area (Å²) in [5.41, 5.74) is 5.46. The Balaban J connectivity index is 2.79. The third-order valence-electron chi connectivity index (χ3n) is 1.23. The third-order valence-corrected chi connectivity index (χ3v) is 2.25. The Morgan fingerprint density at radius 3 is 3.00 bits per heavy atom. The molecule has 2 N–H and O–H groups in total. The lowest BCUT2D eigenvalue weighted by Gasteiger charge is -2.16. The van der Waals surface area contributed by atoms with Crippen molar-refractivity contribution in [3.8, 4) is 0 Å². The van der Waals surface area contributed by atoms with E-state index < -0.39 is 0 Å². The molecule has 5 heteroatoms. The Labute approximate surface area is 74.8 Å². The molecule has 0 fully saturated rings. The number of thiocarbonyl (C=S) groups is 1. The van der Waals surface area contributed by atoms with Crippen molar-refractivity contribution in [1.29, 1.82) is 0 Å². The van der Waals surface area contributed by atoms with Gasteiger partial charge in [0.25, 0.3) is 0 Å². The molecule has 0 radical (unpaired) electrons. The van der Waals surface area contributed by atoms with E-state index in [-0.39, 0.29) is 0 Å². The van der Waals surface area contributed by atoms with E-state index in [1.807, 2.05) is 12.3 Å². The lowest BCUT2D eigenvalue weighted by atomic mass is 10.6. The summed E-state index contributed by atoms with van der Waals surface area (Å²) in [5.74, 6) is 0. The topological polar surface area (TPSA) is 42.1 Å². The maximum Gasteiger partial charge on any atom is 0.191 e. The van der Waals surface area contributed by atoms with Gasteiger partial charge in [-0.15, -0.1) is 11.3 Å². The van der Waals surface area contributed by atoms with Crippen LogP contribution in [-0.2, 0) is 0 Å². The molecule has 0 amide bonds. The quantitative estimate of drug-likeness (QED) is 0.707. The summed E-state index contributed by atoms with van der Waals surface area (Å²) in [6.45, 7) is 2.75. The van der Waals surface area contributed by atoms with Crippen LogP contribution < -0.4 is 10.6 Å². The van der Waals surface area contributed by atoms with Gasteiger partial charge in [0.05, 0.1) is 0 Å². The van der Waals surface area contributed by atoms with E-state index in [0.717, 1.165) is 11.7 Å². The molecule has 0 saturated heterocycles. The fraction of sp³-hybridized carbons (Fsp3) is 0.333. The van der Waals surface area contributed by atoms with E-state index in [9.17, 15) is 0 Å². The Morgan fingerprint density at radius 1 is 1.91 bits per heavy atom. The van der Waals surface area contributed by atoms with Gasteiger partial charge >= 0.3 is 0 Å². The number of nitrogens with zero attached hydrogens (tertiary/aromatic N) is 2. The number of aromatic nitrogens is 1. The molecule has 3 nitrogen and oxygen atoms in total. The van der Waals surface area contributed by atoms with Crippen molar-refractivity contribution in [2.75, 3.05) is 11.4 Å². The summed E-state index contributed by atoms with van der Waals surface area (Å²) in [5, 5.41) is 3.14. The summed E-state index contributed by atoms with van der Waals surface area (Å²) >= 11 is 6.37. The molecule has 0 atom stereocenters. The lowest BCUT2D eigenvalue weighted by Crippen LogP contribution is -2.35. The molecule has 0 bridgehead atoms. The smallest absolute Gasteiger partial charge is 0.191 e. The molecule has 0 saturated carbocycles. The second-order valence-corrected chi connectivity index (χ2v) is 3.19. The van der Waals surface area contributed by atoms with E-state index in [0.29, 0.717) is 5.11 Å². The summed E-state index contributed by atoms with van der Waals surface area (Å²) < 4.78 is 0. The van der Waals surface area contributed by atoms with Crippen molar-refractivity contribution in [2.45, 2.75) is 6.92 Å². The average molecular weight is 187 g/mol. The maximum absolute atomic E-state index is 5.46. The van der Waals surface area contributed by atoms with Crippen LogP contribution in [0, 0.1) is 0 Å². The largest absolute Gasteiger partial charge is 0.376 e. The molecule has 0 aliphatic carbocycles. The number of anilines is 1. The van der Waals surface area contributed by atoms with E-state index in [4.69, 9.17) is 18.0 Å². The van der Waals surface area contributed by atoms with Crippen LogP contribution in [0.3, 0.4) is 0 Å². The molecule has 0 aromatic carbocycles. The number of thiazole rings is 1. The van der Waals surface area contributed by atoms with Crippen molar-refractivity contribution >= 4 is 33.8 Å². The second kappa shape index (κ2) is 3.64. The van der Waals surface area contributed by atoms with Gasteiger partial charge in [-0.1, -0.05) is 0 Å². The Kier molecular flexibility index (Phi) is 2.78. The number of nitrogens with two attached hydrogens (primary N) is 1. The second-order valence-electron chi connectivity index (χ2n) is 1.90. The van der Waals surface area contributed by atoms with Crippen LogP contribution in [0.2, 0.25) is 0 Å². The van der Waals surface area contributed by atoms with Crippen molar-refractivity contribution in [2.24, 2.45) is 5.73 Å². The van der Waals surface area contributed by atoms with E-state index in [1.54, 1.807) is 11.1 Å². The summed E-state index contributed by atoms with van der Waals surface area (Å²) in [7, 11) is 0. The highest BCUT2D eigenvalue weighted by molar-refractivity contribution is 7.80. The van der Waals surface area contributed by atoms with E-state index in [1.165, 1.54) is 11.3 Å². The van der Waals surface area contributed by atoms with Crippen molar-refractivity contribution < 1.29 is 0 Å². The molecule has 1 aromatic heterocycles. The number of hydrogen-bond donors (Lipinski definition) is 1. The van der Waals surface area contributed by atoms with Gasteiger partial charge in [0, 0.05) is 18.1 Å². The fourth-order valence-electron chi connectivity index (χ4n) is 0.735. The zero-order chi connectivity index (χ0) is 8.27. The first kappa shape index (κ1) is 8.42. The highest BCUT2D eigenvalue weighted by Crippen LogP contribution is 2.16. The first-order valence-electron chi connectivity index (χ1n) is 3.22. The monoisotopic (exact) mass is 187 g/mol.